The number of hydrogen-bond acceptors (Lipinski definition) is 2. The van der Waals surface area contributed by atoms with Gasteiger partial charge in [-0.1, -0.05) is 30.3 Å². The van der Waals surface area contributed by atoms with Gasteiger partial charge in [0.2, 0.25) is 0 Å². The molecule has 1 saturated carbocycles. The molecule has 0 radical (unpaired) electrons. The zero-order chi connectivity index (χ0) is 17.4. The summed E-state index contributed by atoms with van der Waals surface area (Å²) in [4.78, 5) is 12.2. The molecule has 4 nitrogen and oxygen atoms in total. The first-order chi connectivity index (χ1) is 12.2. The van der Waals surface area contributed by atoms with Crippen molar-refractivity contribution in [3.63, 3.8) is 0 Å². The van der Waals surface area contributed by atoms with Crippen molar-refractivity contribution in [1.82, 2.24) is 9.88 Å². The van der Waals surface area contributed by atoms with Crippen LogP contribution in [0.1, 0.15) is 35.7 Å². The largest absolute Gasteiger partial charge is 0.349 e. The highest BCUT2D eigenvalue weighted by Gasteiger charge is 2.24. The fourth-order valence-corrected chi connectivity index (χ4v) is 3.32. The number of benzene rings is 2. The summed E-state index contributed by atoms with van der Waals surface area (Å²) < 4.78 is 2.16. The van der Waals surface area contributed by atoms with Gasteiger partial charge in [-0.25, -0.2) is 0 Å². The van der Waals surface area contributed by atoms with E-state index in [0.717, 1.165) is 41.5 Å². The molecule has 2 aromatic carbocycles. The molecule has 0 unspecified atom stereocenters. The van der Waals surface area contributed by atoms with Gasteiger partial charge < -0.3 is 9.88 Å². The van der Waals surface area contributed by atoms with Crippen LogP contribution in [0.5, 0.6) is 0 Å². The number of carbonyl (C=O) groups is 1. The van der Waals surface area contributed by atoms with Crippen molar-refractivity contribution in [2.24, 2.45) is 0 Å². The van der Waals surface area contributed by atoms with Crippen molar-refractivity contribution in [3.05, 3.63) is 59.7 Å². The highest BCUT2D eigenvalue weighted by molar-refractivity contribution is 5.97. The van der Waals surface area contributed by atoms with Crippen molar-refractivity contribution in [3.8, 4) is 17.3 Å². The van der Waals surface area contributed by atoms with Crippen LogP contribution in [0.3, 0.4) is 0 Å². The molecular formula is C21H19N3O. The monoisotopic (exact) mass is 329 g/mol. The summed E-state index contributed by atoms with van der Waals surface area (Å²) in [7, 11) is 0. The second-order valence-corrected chi connectivity index (χ2v) is 6.42. The fraction of sp³-hybridized carbons (Fsp3) is 0.238. The Morgan fingerprint density at radius 2 is 1.92 bits per heavy atom. The first-order valence-electron chi connectivity index (χ1n) is 8.65. The SMILES string of the molecule is CCn1c(-c2ccc(C(=O)NC3CC3)cc2)c(C#N)c2ccccc21. The van der Waals surface area contributed by atoms with Crippen LogP contribution in [0.2, 0.25) is 0 Å². The number of nitrogens with zero attached hydrogens (tertiary/aromatic N) is 2. The minimum Gasteiger partial charge on any atom is -0.349 e. The molecule has 0 spiro atoms. The van der Waals surface area contributed by atoms with Crippen molar-refractivity contribution < 1.29 is 4.79 Å². The predicted octanol–water partition coefficient (Wildman–Crippen LogP) is 4.09. The van der Waals surface area contributed by atoms with Crippen LogP contribution in [0.4, 0.5) is 0 Å². The highest BCUT2D eigenvalue weighted by atomic mass is 16.1. The minimum atomic E-state index is -0.0226. The Balaban J connectivity index is 1.79. The van der Waals surface area contributed by atoms with E-state index in [1.165, 1.54) is 0 Å². The van der Waals surface area contributed by atoms with Gasteiger partial charge in [-0.15, -0.1) is 0 Å². The zero-order valence-corrected chi connectivity index (χ0v) is 14.1. The lowest BCUT2D eigenvalue weighted by Crippen LogP contribution is -2.25. The average molecular weight is 329 g/mol. The molecule has 3 aromatic rings. The standard InChI is InChI=1S/C21H19N3O/c1-2-24-19-6-4-3-5-17(19)18(13-22)20(24)14-7-9-15(10-8-14)21(25)23-16-11-12-16/h3-10,16H,2,11-12H2,1H3,(H,23,25). The number of nitrogens with one attached hydrogen (secondary N) is 1. The number of fused-ring (bicyclic) bond motifs is 1. The van der Waals surface area contributed by atoms with Gasteiger partial charge in [0.1, 0.15) is 6.07 Å². The van der Waals surface area contributed by atoms with Gasteiger partial charge in [0, 0.05) is 29.1 Å². The number of amides is 1. The summed E-state index contributed by atoms with van der Waals surface area (Å²) >= 11 is 0. The third-order valence-electron chi connectivity index (χ3n) is 4.73. The van der Waals surface area contributed by atoms with Crippen molar-refractivity contribution in [1.29, 1.82) is 5.26 Å². The molecule has 4 heteroatoms. The van der Waals surface area contributed by atoms with Crippen molar-refractivity contribution in [2.45, 2.75) is 32.4 Å². The van der Waals surface area contributed by atoms with E-state index in [4.69, 9.17) is 0 Å². The van der Waals surface area contributed by atoms with Gasteiger partial charge >= 0.3 is 0 Å². The van der Waals surface area contributed by atoms with Crippen LogP contribution in [0.15, 0.2) is 48.5 Å². The Morgan fingerprint density at radius 1 is 1.20 bits per heavy atom. The summed E-state index contributed by atoms with van der Waals surface area (Å²) in [6.45, 7) is 2.86. The maximum Gasteiger partial charge on any atom is 0.251 e. The first-order valence-corrected chi connectivity index (χ1v) is 8.65. The van der Waals surface area contributed by atoms with Crippen molar-refractivity contribution >= 4 is 16.8 Å². The Labute approximate surface area is 146 Å². The molecule has 0 saturated heterocycles. The molecule has 0 aliphatic heterocycles. The smallest absolute Gasteiger partial charge is 0.251 e. The molecule has 1 heterocycles. The van der Waals surface area contributed by atoms with Gasteiger partial charge in [0.25, 0.3) is 5.91 Å². The van der Waals surface area contributed by atoms with E-state index in [-0.39, 0.29) is 5.91 Å². The number of rotatable bonds is 4. The average Bonchev–Trinajstić information content (AvgIpc) is 3.40. The Kier molecular flexibility index (Phi) is 3.77. The predicted molar refractivity (Wildman–Crippen MR) is 98.3 cm³/mol. The van der Waals surface area contributed by atoms with E-state index in [0.29, 0.717) is 17.2 Å². The molecule has 1 aromatic heterocycles. The molecule has 25 heavy (non-hydrogen) atoms. The van der Waals surface area contributed by atoms with Gasteiger partial charge in [0.05, 0.1) is 11.3 Å². The van der Waals surface area contributed by atoms with E-state index in [9.17, 15) is 10.1 Å². The summed E-state index contributed by atoms with van der Waals surface area (Å²) in [5, 5.41) is 13.7. The molecule has 1 amide bonds. The van der Waals surface area contributed by atoms with E-state index >= 15 is 0 Å². The Morgan fingerprint density at radius 3 is 2.56 bits per heavy atom. The summed E-state index contributed by atoms with van der Waals surface area (Å²) in [6, 6.07) is 18.2. The zero-order valence-electron chi connectivity index (χ0n) is 14.1. The summed E-state index contributed by atoms with van der Waals surface area (Å²) in [6.07, 6.45) is 2.15. The van der Waals surface area contributed by atoms with E-state index in [1.54, 1.807) is 0 Å². The van der Waals surface area contributed by atoms with Gasteiger partial charge in [-0.2, -0.15) is 5.26 Å². The van der Waals surface area contributed by atoms with E-state index in [1.807, 2.05) is 48.5 Å². The Hall–Kier alpha value is -3.06. The molecular weight excluding hydrogens is 310 g/mol. The number of hydrogen-bond donors (Lipinski definition) is 1. The normalized spacial score (nSPS) is 13.6. The lowest BCUT2D eigenvalue weighted by Gasteiger charge is -2.10. The van der Waals surface area contributed by atoms with E-state index < -0.39 is 0 Å². The highest BCUT2D eigenvalue weighted by Crippen LogP contribution is 2.33. The minimum absolute atomic E-state index is 0.0226. The van der Waals surface area contributed by atoms with E-state index in [2.05, 4.69) is 22.9 Å². The molecule has 4 rings (SSSR count). The lowest BCUT2D eigenvalue weighted by atomic mass is 10.0. The number of aryl methyl sites for hydroxylation is 1. The molecule has 0 atom stereocenters. The third-order valence-corrected chi connectivity index (χ3v) is 4.73. The second kappa shape index (κ2) is 6.10. The van der Waals surface area contributed by atoms with Crippen LogP contribution in [0.25, 0.3) is 22.2 Å². The first kappa shape index (κ1) is 15.5. The third kappa shape index (κ3) is 2.68. The van der Waals surface area contributed by atoms with Crippen LogP contribution < -0.4 is 5.32 Å². The van der Waals surface area contributed by atoms with Crippen LogP contribution in [0, 0.1) is 11.3 Å². The second-order valence-electron chi connectivity index (χ2n) is 6.42. The van der Waals surface area contributed by atoms with Crippen LogP contribution in [-0.4, -0.2) is 16.5 Å². The lowest BCUT2D eigenvalue weighted by molar-refractivity contribution is 0.0951. The van der Waals surface area contributed by atoms with Gasteiger partial charge in [0.15, 0.2) is 0 Å². The Bertz CT molecular complexity index is 988. The summed E-state index contributed by atoms with van der Waals surface area (Å²) in [5.74, 6) is -0.0226. The number of nitriles is 1. The quantitative estimate of drug-likeness (QED) is 0.783. The molecule has 0 bridgehead atoms. The number of para-hydroxylation sites is 1. The number of aromatic nitrogens is 1. The number of carbonyl (C=O) groups excluding carboxylic acids is 1. The van der Waals surface area contributed by atoms with Gasteiger partial charge in [-0.05, 0) is 43.5 Å². The van der Waals surface area contributed by atoms with Crippen LogP contribution >= 0.6 is 0 Å². The van der Waals surface area contributed by atoms with Crippen LogP contribution in [-0.2, 0) is 6.54 Å². The fourth-order valence-electron chi connectivity index (χ4n) is 3.32. The van der Waals surface area contributed by atoms with Gasteiger partial charge in [-0.3, -0.25) is 4.79 Å². The molecule has 1 aliphatic carbocycles. The maximum atomic E-state index is 12.2. The molecule has 1 fully saturated rings. The molecule has 124 valence electrons. The summed E-state index contributed by atoms with van der Waals surface area (Å²) in [5.41, 5.74) is 4.28. The van der Waals surface area contributed by atoms with Crippen molar-refractivity contribution in [2.75, 3.05) is 0 Å². The topological polar surface area (TPSA) is 57.8 Å². The maximum absolute atomic E-state index is 12.2. The molecule has 1 aliphatic rings. The molecule has 1 N–H and O–H groups in total.